The maximum Gasteiger partial charge on any atom is 0.262 e. The molecular formula is C13H10F3NO3S. The van der Waals surface area contributed by atoms with Gasteiger partial charge in [0.15, 0.2) is 11.6 Å². The molecule has 0 heterocycles. The molecule has 2 N–H and O–H groups in total. The Balaban J connectivity index is 2.48. The largest absolute Gasteiger partial charge is 0.392 e. The van der Waals surface area contributed by atoms with E-state index in [0.29, 0.717) is 6.07 Å². The Kier molecular flexibility index (Phi) is 4.19. The van der Waals surface area contributed by atoms with Crippen molar-refractivity contribution < 1.29 is 26.7 Å². The highest BCUT2D eigenvalue weighted by atomic mass is 32.2. The minimum Gasteiger partial charge on any atom is -0.392 e. The summed E-state index contributed by atoms with van der Waals surface area (Å²) in [6.07, 6.45) is 0. The highest BCUT2D eigenvalue weighted by Gasteiger charge is 2.21. The first kappa shape index (κ1) is 15.3. The molecule has 0 radical (unpaired) electrons. The van der Waals surface area contributed by atoms with Crippen molar-refractivity contribution in [2.24, 2.45) is 0 Å². The van der Waals surface area contributed by atoms with Gasteiger partial charge in [0.05, 0.1) is 17.2 Å². The van der Waals surface area contributed by atoms with Crippen LogP contribution in [0.3, 0.4) is 0 Å². The van der Waals surface area contributed by atoms with Crippen LogP contribution in [0.4, 0.5) is 18.9 Å². The maximum absolute atomic E-state index is 13.5. The van der Waals surface area contributed by atoms with Gasteiger partial charge in [-0.1, -0.05) is 12.1 Å². The molecule has 0 saturated heterocycles. The van der Waals surface area contributed by atoms with E-state index in [0.717, 1.165) is 30.3 Å². The van der Waals surface area contributed by atoms with Crippen molar-refractivity contribution in [1.29, 1.82) is 0 Å². The summed E-state index contributed by atoms with van der Waals surface area (Å²) in [5, 5.41) is 9.09. The molecule has 0 spiro atoms. The van der Waals surface area contributed by atoms with E-state index in [9.17, 15) is 21.6 Å². The number of aliphatic hydroxyl groups excluding tert-OH is 1. The molecule has 0 fully saturated rings. The molecule has 2 rings (SSSR count). The third kappa shape index (κ3) is 3.17. The van der Waals surface area contributed by atoms with Gasteiger partial charge in [0.25, 0.3) is 10.0 Å². The van der Waals surface area contributed by atoms with E-state index in [4.69, 9.17) is 5.11 Å². The lowest BCUT2D eigenvalue weighted by Gasteiger charge is -2.12. The topological polar surface area (TPSA) is 66.4 Å². The fourth-order valence-corrected chi connectivity index (χ4v) is 2.99. The van der Waals surface area contributed by atoms with E-state index in [2.05, 4.69) is 0 Å². The first-order chi connectivity index (χ1) is 9.85. The molecule has 0 amide bonds. The highest BCUT2D eigenvalue weighted by molar-refractivity contribution is 7.92. The lowest BCUT2D eigenvalue weighted by Crippen LogP contribution is -2.16. The number of rotatable bonds is 4. The molecule has 0 aliphatic carbocycles. The molecule has 0 unspecified atom stereocenters. The van der Waals surface area contributed by atoms with Gasteiger partial charge in [0.2, 0.25) is 0 Å². The lowest BCUT2D eigenvalue weighted by molar-refractivity contribution is 0.278. The van der Waals surface area contributed by atoms with Gasteiger partial charge in [-0.2, -0.15) is 0 Å². The summed E-state index contributed by atoms with van der Waals surface area (Å²) in [7, 11) is -4.37. The van der Waals surface area contributed by atoms with E-state index in [-0.39, 0.29) is 5.56 Å². The summed E-state index contributed by atoms with van der Waals surface area (Å²) in [5.74, 6) is -3.44. The smallest absolute Gasteiger partial charge is 0.262 e. The van der Waals surface area contributed by atoms with Gasteiger partial charge < -0.3 is 5.11 Å². The van der Waals surface area contributed by atoms with Crippen molar-refractivity contribution in [1.82, 2.24) is 0 Å². The summed E-state index contributed by atoms with van der Waals surface area (Å²) in [6, 6.07) is 5.72. The van der Waals surface area contributed by atoms with Crippen molar-refractivity contribution in [3.63, 3.8) is 0 Å². The van der Waals surface area contributed by atoms with Crippen LogP contribution in [-0.4, -0.2) is 13.5 Å². The standard InChI is InChI=1S/C13H10F3NO3S/c14-9-5-4-8(7-18)12(6-9)21(19,20)17-11-3-1-2-10(15)13(11)16/h1-6,17-18H,7H2. The number of aliphatic hydroxyl groups is 1. The average molecular weight is 317 g/mol. The Morgan fingerprint density at radius 1 is 1.10 bits per heavy atom. The fourth-order valence-electron chi connectivity index (χ4n) is 1.69. The molecule has 0 aliphatic heterocycles. The normalized spacial score (nSPS) is 11.4. The van der Waals surface area contributed by atoms with Gasteiger partial charge in [-0.25, -0.2) is 21.6 Å². The molecule has 2 aromatic rings. The quantitative estimate of drug-likeness (QED) is 0.910. The lowest BCUT2D eigenvalue weighted by atomic mass is 10.2. The average Bonchev–Trinajstić information content (AvgIpc) is 2.44. The van der Waals surface area contributed by atoms with Gasteiger partial charge in [-0.3, -0.25) is 4.72 Å². The molecule has 4 nitrogen and oxygen atoms in total. The van der Waals surface area contributed by atoms with Crippen molar-refractivity contribution in [2.75, 3.05) is 4.72 Å². The van der Waals surface area contributed by atoms with Crippen LogP contribution in [0, 0.1) is 17.5 Å². The van der Waals surface area contributed by atoms with Crippen LogP contribution in [-0.2, 0) is 16.6 Å². The molecule has 8 heteroatoms. The first-order valence-electron chi connectivity index (χ1n) is 5.71. The van der Waals surface area contributed by atoms with Gasteiger partial charge in [-0.05, 0) is 29.8 Å². The molecule has 0 aliphatic rings. The third-order valence-corrected chi connectivity index (χ3v) is 4.13. The Hall–Kier alpha value is -2.06. The van der Waals surface area contributed by atoms with E-state index in [1.165, 1.54) is 0 Å². The predicted molar refractivity (Wildman–Crippen MR) is 69.5 cm³/mol. The Morgan fingerprint density at radius 2 is 1.81 bits per heavy atom. The summed E-state index contributed by atoms with van der Waals surface area (Å²) in [4.78, 5) is -0.548. The molecular weight excluding hydrogens is 307 g/mol. The minimum atomic E-state index is -4.37. The second-order valence-electron chi connectivity index (χ2n) is 4.12. The highest BCUT2D eigenvalue weighted by Crippen LogP contribution is 2.23. The van der Waals surface area contributed by atoms with E-state index < -0.39 is 44.7 Å². The molecule has 0 bridgehead atoms. The van der Waals surface area contributed by atoms with Crippen molar-refractivity contribution in [2.45, 2.75) is 11.5 Å². The van der Waals surface area contributed by atoms with Crippen molar-refractivity contribution >= 4 is 15.7 Å². The second kappa shape index (κ2) is 5.74. The number of hydrogen-bond donors (Lipinski definition) is 2. The van der Waals surface area contributed by atoms with Crippen LogP contribution in [0.5, 0.6) is 0 Å². The van der Waals surface area contributed by atoms with Crippen LogP contribution in [0.15, 0.2) is 41.3 Å². The van der Waals surface area contributed by atoms with E-state index in [1.807, 2.05) is 4.72 Å². The van der Waals surface area contributed by atoms with Crippen LogP contribution >= 0.6 is 0 Å². The molecule has 21 heavy (non-hydrogen) atoms. The molecule has 0 saturated carbocycles. The molecule has 112 valence electrons. The monoisotopic (exact) mass is 317 g/mol. The van der Waals surface area contributed by atoms with Crippen LogP contribution in [0.25, 0.3) is 0 Å². The zero-order valence-electron chi connectivity index (χ0n) is 10.5. The van der Waals surface area contributed by atoms with Gasteiger partial charge in [-0.15, -0.1) is 0 Å². The summed E-state index contributed by atoms with van der Waals surface area (Å²) in [5.41, 5.74) is -0.677. The number of hydrogen-bond acceptors (Lipinski definition) is 3. The Morgan fingerprint density at radius 3 is 2.48 bits per heavy atom. The number of anilines is 1. The van der Waals surface area contributed by atoms with Crippen LogP contribution < -0.4 is 4.72 Å². The molecule has 0 aromatic heterocycles. The predicted octanol–water partition coefficient (Wildman–Crippen LogP) is 2.40. The first-order valence-corrected chi connectivity index (χ1v) is 7.19. The van der Waals surface area contributed by atoms with Crippen LogP contribution in [0.1, 0.15) is 5.56 Å². The molecule has 0 atom stereocenters. The Bertz CT molecular complexity index is 778. The fraction of sp³-hybridized carbons (Fsp3) is 0.0769. The zero-order chi connectivity index (χ0) is 15.6. The summed E-state index contributed by atoms with van der Waals surface area (Å²) < 4.78 is 65.8. The second-order valence-corrected chi connectivity index (χ2v) is 5.77. The van der Waals surface area contributed by atoms with E-state index in [1.54, 1.807) is 0 Å². The number of nitrogens with one attached hydrogen (secondary N) is 1. The summed E-state index contributed by atoms with van der Waals surface area (Å²) in [6.45, 7) is -0.651. The van der Waals surface area contributed by atoms with Crippen molar-refractivity contribution in [3.8, 4) is 0 Å². The summed E-state index contributed by atoms with van der Waals surface area (Å²) >= 11 is 0. The number of sulfonamides is 1. The van der Waals surface area contributed by atoms with Gasteiger partial charge in [0.1, 0.15) is 5.82 Å². The third-order valence-electron chi connectivity index (χ3n) is 2.68. The van der Waals surface area contributed by atoms with Gasteiger partial charge in [0, 0.05) is 0 Å². The van der Waals surface area contributed by atoms with Crippen LogP contribution in [0.2, 0.25) is 0 Å². The minimum absolute atomic E-state index is 0.0688. The number of halogens is 3. The Labute approximate surface area is 118 Å². The number of benzene rings is 2. The van der Waals surface area contributed by atoms with Crippen molar-refractivity contribution in [3.05, 3.63) is 59.4 Å². The molecule has 2 aromatic carbocycles. The van der Waals surface area contributed by atoms with E-state index >= 15 is 0 Å². The SMILES string of the molecule is O=S(=O)(Nc1cccc(F)c1F)c1cc(F)ccc1CO. The zero-order valence-corrected chi connectivity index (χ0v) is 11.3. The van der Waals surface area contributed by atoms with Gasteiger partial charge >= 0.3 is 0 Å². The maximum atomic E-state index is 13.5.